The molecule has 0 aromatic heterocycles. The van der Waals surface area contributed by atoms with Crippen LogP contribution in [-0.2, 0) is 6.42 Å². The van der Waals surface area contributed by atoms with Gasteiger partial charge in [0, 0.05) is 0 Å². The Balaban J connectivity index is 2.44. The van der Waals surface area contributed by atoms with E-state index >= 15 is 0 Å². The second kappa shape index (κ2) is 5.13. The van der Waals surface area contributed by atoms with Crippen LogP contribution in [0, 0.1) is 30.6 Å². The normalized spacial score (nSPS) is 16.4. The summed E-state index contributed by atoms with van der Waals surface area (Å²) in [6.45, 7) is 4.07. The summed E-state index contributed by atoms with van der Waals surface area (Å²) in [5.74, 6) is 1.78. The van der Waals surface area contributed by atoms with Crippen LogP contribution in [0.25, 0.3) is 0 Å². The molecule has 2 rings (SSSR count). The molecule has 0 bridgehead atoms. The molecular formula is C16H21NO2. The van der Waals surface area contributed by atoms with Crippen molar-refractivity contribution >= 4 is 0 Å². The van der Waals surface area contributed by atoms with Gasteiger partial charge < -0.3 is 9.47 Å². The van der Waals surface area contributed by atoms with E-state index in [0.29, 0.717) is 0 Å². The maximum atomic E-state index is 9.39. The SMILES string of the molecule is COc1cc(CC2(C#N)CCC2)c(OC)c(C)c1C. The van der Waals surface area contributed by atoms with Crippen LogP contribution in [0.15, 0.2) is 6.07 Å². The van der Waals surface area contributed by atoms with Gasteiger partial charge in [-0.1, -0.05) is 6.42 Å². The predicted octanol–water partition coefficient (Wildman–Crippen LogP) is 3.56. The van der Waals surface area contributed by atoms with E-state index in [1.165, 1.54) is 0 Å². The Kier molecular flexibility index (Phi) is 3.71. The second-order valence-corrected chi connectivity index (χ2v) is 5.44. The third kappa shape index (κ3) is 2.28. The number of ether oxygens (including phenoxy) is 2. The van der Waals surface area contributed by atoms with Gasteiger partial charge >= 0.3 is 0 Å². The van der Waals surface area contributed by atoms with Crippen molar-refractivity contribution in [3.8, 4) is 17.6 Å². The smallest absolute Gasteiger partial charge is 0.125 e. The maximum absolute atomic E-state index is 9.39. The average molecular weight is 259 g/mol. The largest absolute Gasteiger partial charge is 0.496 e. The maximum Gasteiger partial charge on any atom is 0.125 e. The Morgan fingerprint density at radius 3 is 2.32 bits per heavy atom. The first-order chi connectivity index (χ1) is 9.06. The molecule has 0 amide bonds. The zero-order valence-electron chi connectivity index (χ0n) is 12.2. The quantitative estimate of drug-likeness (QED) is 0.830. The molecular weight excluding hydrogens is 238 g/mol. The molecule has 1 aliphatic carbocycles. The highest BCUT2D eigenvalue weighted by Gasteiger charge is 2.38. The Morgan fingerprint density at radius 2 is 1.89 bits per heavy atom. The standard InChI is InChI=1S/C16H21NO2/c1-11-12(2)15(19-4)13(8-14(11)18-3)9-16(10-17)6-5-7-16/h8H,5-7,9H2,1-4H3. The van der Waals surface area contributed by atoms with Gasteiger partial charge in [-0.15, -0.1) is 0 Å². The van der Waals surface area contributed by atoms with Crippen LogP contribution < -0.4 is 9.47 Å². The monoisotopic (exact) mass is 259 g/mol. The number of nitrogens with zero attached hydrogens (tertiary/aromatic N) is 1. The van der Waals surface area contributed by atoms with Gasteiger partial charge in [0.05, 0.1) is 25.7 Å². The van der Waals surface area contributed by atoms with Gasteiger partial charge in [-0.05, 0) is 55.9 Å². The number of hydrogen-bond acceptors (Lipinski definition) is 3. The first-order valence-electron chi connectivity index (χ1n) is 6.69. The summed E-state index contributed by atoms with van der Waals surface area (Å²) in [5.41, 5.74) is 3.09. The highest BCUT2D eigenvalue weighted by Crippen LogP contribution is 2.46. The van der Waals surface area contributed by atoms with Crippen LogP contribution in [0.3, 0.4) is 0 Å². The van der Waals surface area contributed by atoms with Crippen LogP contribution >= 0.6 is 0 Å². The molecule has 0 aliphatic heterocycles. The highest BCUT2D eigenvalue weighted by atomic mass is 16.5. The predicted molar refractivity (Wildman–Crippen MR) is 74.6 cm³/mol. The molecule has 3 heteroatoms. The van der Waals surface area contributed by atoms with Gasteiger partial charge in [0.25, 0.3) is 0 Å². The van der Waals surface area contributed by atoms with Crippen molar-refractivity contribution in [2.45, 2.75) is 39.5 Å². The molecule has 0 N–H and O–H groups in total. The fraction of sp³-hybridized carbons (Fsp3) is 0.562. The van der Waals surface area contributed by atoms with E-state index in [-0.39, 0.29) is 5.41 Å². The minimum Gasteiger partial charge on any atom is -0.496 e. The summed E-state index contributed by atoms with van der Waals surface area (Å²) in [6.07, 6.45) is 3.88. The molecule has 0 saturated heterocycles. The summed E-state index contributed by atoms with van der Waals surface area (Å²) < 4.78 is 11.0. The van der Waals surface area contributed by atoms with Crippen molar-refractivity contribution in [1.29, 1.82) is 5.26 Å². The van der Waals surface area contributed by atoms with Crippen LogP contribution in [0.5, 0.6) is 11.5 Å². The van der Waals surface area contributed by atoms with Crippen molar-refractivity contribution < 1.29 is 9.47 Å². The van der Waals surface area contributed by atoms with E-state index in [1.807, 2.05) is 19.9 Å². The van der Waals surface area contributed by atoms with Crippen LogP contribution in [0.1, 0.15) is 36.0 Å². The third-order valence-corrected chi connectivity index (χ3v) is 4.37. The van der Waals surface area contributed by atoms with Crippen molar-refractivity contribution in [2.75, 3.05) is 14.2 Å². The van der Waals surface area contributed by atoms with Gasteiger partial charge in [-0.25, -0.2) is 0 Å². The summed E-state index contributed by atoms with van der Waals surface area (Å²) in [7, 11) is 3.37. The topological polar surface area (TPSA) is 42.2 Å². The fourth-order valence-electron chi connectivity index (χ4n) is 2.85. The Hall–Kier alpha value is -1.69. The van der Waals surface area contributed by atoms with E-state index in [9.17, 15) is 5.26 Å². The minimum absolute atomic E-state index is 0.194. The molecule has 3 nitrogen and oxygen atoms in total. The first kappa shape index (κ1) is 13.7. The summed E-state index contributed by atoms with van der Waals surface area (Å²) in [6, 6.07) is 4.52. The van der Waals surface area contributed by atoms with Crippen molar-refractivity contribution in [3.63, 3.8) is 0 Å². The second-order valence-electron chi connectivity index (χ2n) is 5.44. The number of benzene rings is 1. The van der Waals surface area contributed by atoms with Gasteiger partial charge in [-0.2, -0.15) is 5.26 Å². The highest BCUT2D eigenvalue weighted by molar-refractivity contribution is 5.53. The van der Waals surface area contributed by atoms with E-state index in [1.54, 1.807) is 14.2 Å². The van der Waals surface area contributed by atoms with Crippen LogP contribution in [0.4, 0.5) is 0 Å². The van der Waals surface area contributed by atoms with Crippen LogP contribution in [0.2, 0.25) is 0 Å². The molecule has 1 aliphatic rings. The van der Waals surface area contributed by atoms with E-state index in [2.05, 4.69) is 6.07 Å². The first-order valence-corrected chi connectivity index (χ1v) is 6.69. The zero-order chi connectivity index (χ0) is 14.0. The number of nitriles is 1. The van der Waals surface area contributed by atoms with Gasteiger partial charge in [0.15, 0.2) is 0 Å². The molecule has 102 valence electrons. The Bertz CT molecular complexity index is 525. The van der Waals surface area contributed by atoms with Gasteiger partial charge in [-0.3, -0.25) is 0 Å². The molecule has 1 aromatic carbocycles. The lowest BCUT2D eigenvalue weighted by atomic mass is 9.66. The zero-order valence-corrected chi connectivity index (χ0v) is 12.2. The third-order valence-electron chi connectivity index (χ3n) is 4.37. The van der Waals surface area contributed by atoms with Crippen molar-refractivity contribution in [3.05, 3.63) is 22.8 Å². The Labute approximate surface area is 115 Å². The van der Waals surface area contributed by atoms with Gasteiger partial charge in [0.1, 0.15) is 11.5 Å². The number of methoxy groups -OCH3 is 2. The van der Waals surface area contributed by atoms with Gasteiger partial charge in [0.2, 0.25) is 0 Å². The number of rotatable bonds is 4. The molecule has 1 fully saturated rings. The number of hydrogen-bond donors (Lipinski definition) is 0. The molecule has 1 aromatic rings. The molecule has 0 radical (unpaired) electrons. The molecule has 0 atom stereocenters. The summed E-state index contributed by atoms with van der Waals surface area (Å²) >= 11 is 0. The summed E-state index contributed by atoms with van der Waals surface area (Å²) in [5, 5.41) is 9.39. The molecule has 19 heavy (non-hydrogen) atoms. The average Bonchev–Trinajstić information content (AvgIpc) is 2.38. The van der Waals surface area contributed by atoms with Crippen LogP contribution in [-0.4, -0.2) is 14.2 Å². The van der Waals surface area contributed by atoms with E-state index < -0.39 is 0 Å². The molecule has 1 saturated carbocycles. The van der Waals surface area contributed by atoms with Crippen molar-refractivity contribution in [2.24, 2.45) is 5.41 Å². The molecule has 0 spiro atoms. The lowest BCUT2D eigenvalue weighted by Gasteiger charge is -2.36. The summed E-state index contributed by atoms with van der Waals surface area (Å²) in [4.78, 5) is 0. The van der Waals surface area contributed by atoms with E-state index in [4.69, 9.17) is 9.47 Å². The lowest BCUT2D eigenvalue weighted by Crippen LogP contribution is -2.30. The van der Waals surface area contributed by atoms with Crippen molar-refractivity contribution in [1.82, 2.24) is 0 Å². The molecule has 0 heterocycles. The Morgan fingerprint density at radius 1 is 1.21 bits per heavy atom. The lowest BCUT2D eigenvalue weighted by molar-refractivity contribution is 0.211. The fourth-order valence-corrected chi connectivity index (χ4v) is 2.85. The van der Waals surface area contributed by atoms with E-state index in [0.717, 1.165) is 53.9 Å². The minimum atomic E-state index is -0.194. The molecule has 0 unspecified atom stereocenters.